The minimum absolute atomic E-state index is 0.0164. The highest BCUT2D eigenvalue weighted by Gasteiger charge is 2.28. The molecule has 1 aliphatic heterocycles. The van der Waals surface area contributed by atoms with E-state index < -0.39 is 21.7 Å². The van der Waals surface area contributed by atoms with E-state index in [0.29, 0.717) is 37.1 Å². The minimum atomic E-state index is -3.33. The van der Waals surface area contributed by atoms with Crippen LogP contribution < -0.4 is 4.72 Å². The van der Waals surface area contributed by atoms with Gasteiger partial charge in [-0.15, -0.1) is 0 Å². The predicted molar refractivity (Wildman–Crippen MR) is 112 cm³/mol. The molecule has 3 rings (SSSR count). The Morgan fingerprint density at radius 3 is 2.37 bits per heavy atom. The normalized spacial score (nSPS) is 20.1. The fraction of sp³-hybridized carbons (Fsp3) is 0.409. The molecule has 5 nitrogen and oxygen atoms in total. The molecule has 0 bridgehead atoms. The van der Waals surface area contributed by atoms with Gasteiger partial charge in [0.25, 0.3) is 0 Å². The molecular formula is C22H26F2N2O3S. The number of hydrogen-bond acceptors (Lipinski definition) is 3. The van der Waals surface area contributed by atoms with Crippen LogP contribution in [0.2, 0.25) is 0 Å². The van der Waals surface area contributed by atoms with Crippen LogP contribution in [0.4, 0.5) is 8.78 Å². The molecule has 2 aromatic carbocycles. The van der Waals surface area contributed by atoms with Gasteiger partial charge in [0.2, 0.25) is 15.9 Å². The summed E-state index contributed by atoms with van der Waals surface area (Å²) in [5.74, 6) is -1.40. The molecule has 8 heteroatoms. The molecule has 0 radical (unpaired) electrons. The number of benzene rings is 2. The number of likely N-dealkylation sites (tertiary alicyclic amines) is 1. The van der Waals surface area contributed by atoms with Gasteiger partial charge in [-0.25, -0.2) is 21.9 Å². The lowest BCUT2D eigenvalue weighted by Gasteiger charge is -2.22. The molecule has 1 N–H and O–H groups in total. The lowest BCUT2D eigenvalue weighted by molar-refractivity contribution is -0.130. The average Bonchev–Trinajstić information content (AvgIpc) is 2.84. The van der Waals surface area contributed by atoms with E-state index in [-0.39, 0.29) is 29.9 Å². The minimum Gasteiger partial charge on any atom is -0.342 e. The Morgan fingerprint density at radius 1 is 1.07 bits per heavy atom. The molecule has 0 saturated carbocycles. The van der Waals surface area contributed by atoms with E-state index in [1.165, 1.54) is 18.2 Å². The topological polar surface area (TPSA) is 66.5 Å². The fourth-order valence-corrected chi connectivity index (χ4v) is 4.80. The third kappa shape index (κ3) is 5.43. The summed E-state index contributed by atoms with van der Waals surface area (Å²) >= 11 is 0. The highest BCUT2D eigenvalue weighted by atomic mass is 32.2. The molecular weight excluding hydrogens is 410 g/mol. The molecule has 1 aliphatic rings. The molecule has 2 unspecified atom stereocenters. The number of carbonyl (C=O) groups excluding carboxylic acids is 1. The Morgan fingerprint density at radius 2 is 1.70 bits per heavy atom. The average molecular weight is 437 g/mol. The third-order valence-corrected chi connectivity index (χ3v) is 6.29. The number of nitrogens with zero attached hydrogens (tertiary/aromatic N) is 1. The van der Waals surface area contributed by atoms with Gasteiger partial charge in [-0.3, -0.25) is 4.79 Å². The first-order chi connectivity index (χ1) is 14.2. The van der Waals surface area contributed by atoms with Crippen molar-refractivity contribution in [3.8, 4) is 11.1 Å². The summed E-state index contributed by atoms with van der Waals surface area (Å²) in [5.41, 5.74) is 0.777. The van der Waals surface area contributed by atoms with Crippen molar-refractivity contribution in [2.24, 2.45) is 5.92 Å². The number of rotatable bonds is 5. The highest BCUT2D eigenvalue weighted by Crippen LogP contribution is 2.30. The van der Waals surface area contributed by atoms with Crippen molar-refractivity contribution in [1.82, 2.24) is 9.62 Å². The Balaban J connectivity index is 1.77. The maximum atomic E-state index is 14.3. The van der Waals surface area contributed by atoms with E-state index in [4.69, 9.17) is 0 Å². The molecule has 0 aromatic heterocycles. The van der Waals surface area contributed by atoms with Crippen LogP contribution in [0.25, 0.3) is 11.1 Å². The number of amides is 1. The van der Waals surface area contributed by atoms with E-state index in [0.717, 1.165) is 6.26 Å². The maximum absolute atomic E-state index is 14.3. The van der Waals surface area contributed by atoms with Crippen molar-refractivity contribution in [3.63, 3.8) is 0 Å². The van der Waals surface area contributed by atoms with E-state index in [9.17, 15) is 22.0 Å². The Hall–Kier alpha value is -2.32. The third-order valence-electron chi connectivity index (χ3n) is 5.56. The van der Waals surface area contributed by atoms with Crippen LogP contribution in [0.15, 0.2) is 42.5 Å². The lowest BCUT2D eigenvalue weighted by Crippen LogP contribution is -2.39. The maximum Gasteiger partial charge on any atom is 0.227 e. The summed E-state index contributed by atoms with van der Waals surface area (Å²) < 4.78 is 54.4. The van der Waals surface area contributed by atoms with E-state index in [1.54, 1.807) is 29.2 Å². The standard InChI is InChI=1S/C22H26F2N2O3S/c1-15-10-12-26(13-11-20(15)25-30(2,28)29)21(27)14-16-6-3-4-7-17(16)22-18(23)8-5-9-19(22)24/h3-9,15,20,25H,10-14H2,1-2H3. The van der Waals surface area contributed by atoms with Gasteiger partial charge < -0.3 is 4.90 Å². The van der Waals surface area contributed by atoms with Crippen molar-refractivity contribution in [2.45, 2.75) is 32.2 Å². The van der Waals surface area contributed by atoms with Crippen LogP contribution in [0, 0.1) is 17.6 Å². The lowest BCUT2D eigenvalue weighted by atomic mass is 9.96. The fourth-order valence-electron chi connectivity index (χ4n) is 3.90. The number of nitrogens with one attached hydrogen (secondary N) is 1. The van der Waals surface area contributed by atoms with Crippen molar-refractivity contribution in [1.29, 1.82) is 0 Å². The Bertz CT molecular complexity index is 1010. The first kappa shape index (κ1) is 22.4. The summed E-state index contributed by atoms with van der Waals surface area (Å²) in [6.07, 6.45) is 2.33. The summed E-state index contributed by atoms with van der Waals surface area (Å²) in [7, 11) is -3.33. The number of carbonyl (C=O) groups is 1. The van der Waals surface area contributed by atoms with Gasteiger partial charge >= 0.3 is 0 Å². The van der Waals surface area contributed by atoms with Crippen LogP contribution in [-0.4, -0.2) is 44.6 Å². The molecule has 30 heavy (non-hydrogen) atoms. The summed E-state index contributed by atoms with van der Waals surface area (Å²) in [5, 5.41) is 0. The molecule has 0 spiro atoms. The quantitative estimate of drug-likeness (QED) is 0.782. The predicted octanol–water partition coefficient (Wildman–Crippen LogP) is 3.35. The van der Waals surface area contributed by atoms with E-state index in [1.807, 2.05) is 6.92 Å². The molecule has 1 heterocycles. The molecule has 162 valence electrons. The van der Waals surface area contributed by atoms with Crippen molar-refractivity contribution in [2.75, 3.05) is 19.3 Å². The van der Waals surface area contributed by atoms with Crippen LogP contribution in [0.3, 0.4) is 0 Å². The first-order valence-corrected chi connectivity index (χ1v) is 11.8. The van der Waals surface area contributed by atoms with Gasteiger partial charge in [0.15, 0.2) is 0 Å². The second-order valence-corrected chi connectivity index (χ2v) is 9.64. The van der Waals surface area contributed by atoms with Gasteiger partial charge in [0.1, 0.15) is 11.6 Å². The molecule has 0 aliphatic carbocycles. The first-order valence-electron chi connectivity index (χ1n) is 9.93. The zero-order valence-electron chi connectivity index (χ0n) is 17.1. The molecule has 2 aromatic rings. The second kappa shape index (κ2) is 9.22. The van der Waals surface area contributed by atoms with Gasteiger partial charge in [-0.05, 0) is 42.0 Å². The van der Waals surface area contributed by atoms with Gasteiger partial charge in [-0.1, -0.05) is 37.3 Å². The van der Waals surface area contributed by atoms with Crippen LogP contribution in [0.1, 0.15) is 25.3 Å². The Kier molecular flexibility index (Phi) is 6.88. The zero-order chi connectivity index (χ0) is 21.9. The van der Waals surface area contributed by atoms with Crippen LogP contribution in [0.5, 0.6) is 0 Å². The number of sulfonamides is 1. The molecule has 1 amide bonds. The van der Waals surface area contributed by atoms with Gasteiger partial charge in [-0.2, -0.15) is 0 Å². The van der Waals surface area contributed by atoms with Gasteiger partial charge in [0.05, 0.1) is 18.2 Å². The summed E-state index contributed by atoms with van der Waals surface area (Å²) in [6, 6.07) is 10.2. The van der Waals surface area contributed by atoms with Crippen LogP contribution >= 0.6 is 0 Å². The van der Waals surface area contributed by atoms with Crippen molar-refractivity contribution >= 4 is 15.9 Å². The van der Waals surface area contributed by atoms with Crippen molar-refractivity contribution in [3.05, 3.63) is 59.7 Å². The molecule has 2 atom stereocenters. The largest absolute Gasteiger partial charge is 0.342 e. The Labute approximate surface area is 176 Å². The van der Waals surface area contributed by atoms with Crippen molar-refractivity contribution < 1.29 is 22.0 Å². The van der Waals surface area contributed by atoms with Gasteiger partial charge in [0, 0.05) is 19.1 Å². The molecule has 1 saturated heterocycles. The highest BCUT2D eigenvalue weighted by molar-refractivity contribution is 7.88. The second-order valence-electron chi connectivity index (χ2n) is 7.86. The number of hydrogen-bond donors (Lipinski definition) is 1. The monoisotopic (exact) mass is 436 g/mol. The van der Waals surface area contributed by atoms with E-state index >= 15 is 0 Å². The SMILES string of the molecule is CC1CCN(C(=O)Cc2ccccc2-c2c(F)cccc2F)CCC1NS(C)(=O)=O. The zero-order valence-corrected chi connectivity index (χ0v) is 17.9. The smallest absolute Gasteiger partial charge is 0.227 e. The van der Waals surface area contributed by atoms with E-state index in [2.05, 4.69) is 4.72 Å². The molecule has 1 fully saturated rings. The number of halogens is 2. The summed E-state index contributed by atoms with van der Waals surface area (Å²) in [4.78, 5) is 14.7. The summed E-state index contributed by atoms with van der Waals surface area (Å²) in [6.45, 7) is 2.90. The van der Waals surface area contributed by atoms with Crippen LogP contribution in [-0.2, 0) is 21.2 Å².